The summed E-state index contributed by atoms with van der Waals surface area (Å²) in [7, 11) is 1.71. The molecule has 2 fully saturated rings. The lowest BCUT2D eigenvalue weighted by atomic mass is 9.71. The van der Waals surface area contributed by atoms with Crippen LogP contribution in [0.2, 0.25) is 0 Å². The van der Waals surface area contributed by atoms with Gasteiger partial charge in [-0.05, 0) is 40.2 Å². The summed E-state index contributed by atoms with van der Waals surface area (Å²) in [5, 5.41) is 0. The Kier molecular flexibility index (Phi) is 3.15. The van der Waals surface area contributed by atoms with Crippen molar-refractivity contribution in [3.05, 3.63) is 12.5 Å². The molecule has 0 saturated carbocycles. The van der Waals surface area contributed by atoms with Crippen molar-refractivity contribution >= 4 is 0 Å². The maximum Gasteiger partial charge on any atom is 0.181 e. The van der Waals surface area contributed by atoms with Crippen molar-refractivity contribution in [2.24, 2.45) is 5.41 Å². The highest BCUT2D eigenvalue weighted by Crippen LogP contribution is 2.42. The van der Waals surface area contributed by atoms with Crippen LogP contribution in [0.15, 0.2) is 12.5 Å². The highest BCUT2D eigenvalue weighted by atomic mass is 16.5. The van der Waals surface area contributed by atoms with Crippen molar-refractivity contribution in [1.29, 1.82) is 0 Å². The molecule has 0 N–H and O–H groups in total. The van der Waals surface area contributed by atoms with E-state index in [4.69, 9.17) is 4.74 Å². The van der Waals surface area contributed by atoms with E-state index in [9.17, 15) is 0 Å². The van der Waals surface area contributed by atoms with Crippen molar-refractivity contribution in [3.63, 3.8) is 0 Å². The molecule has 0 aromatic carbocycles. The average molecular weight is 238 g/mol. The van der Waals surface area contributed by atoms with E-state index in [-0.39, 0.29) is 0 Å². The van der Waals surface area contributed by atoms with E-state index >= 15 is 0 Å². The number of nitrogens with zero attached hydrogens (tertiary/aromatic N) is 2. The number of methoxy groups -OCH3 is 1. The molecule has 0 radical (unpaired) electrons. The zero-order valence-corrected chi connectivity index (χ0v) is 11.8. The van der Waals surface area contributed by atoms with Crippen molar-refractivity contribution < 1.29 is 4.74 Å². The summed E-state index contributed by atoms with van der Waals surface area (Å²) in [6.45, 7) is 15.5. The van der Waals surface area contributed by atoms with Crippen LogP contribution in [0.1, 0.15) is 33.6 Å². The van der Waals surface area contributed by atoms with Crippen molar-refractivity contribution in [2.75, 3.05) is 33.3 Å². The first kappa shape index (κ1) is 12.7. The van der Waals surface area contributed by atoms with Crippen LogP contribution in [0, 0.1) is 5.41 Å². The molecule has 2 saturated heterocycles. The predicted octanol–water partition coefficient (Wildman–Crippen LogP) is 2.30. The lowest BCUT2D eigenvalue weighted by Crippen LogP contribution is -2.67. The van der Waals surface area contributed by atoms with Gasteiger partial charge in [0.2, 0.25) is 0 Å². The van der Waals surface area contributed by atoms with Crippen LogP contribution in [0.3, 0.4) is 0 Å². The normalized spacial score (nSPS) is 24.6. The van der Waals surface area contributed by atoms with Gasteiger partial charge in [-0.3, -0.25) is 4.90 Å². The average Bonchev–Trinajstić information content (AvgIpc) is 2.23. The van der Waals surface area contributed by atoms with Crippen molar-refractivity contribution in [1.82, 2.24) is 9.80 Å². The van der Waals surface area contributed by atoms with Gasteiger partial charge in [-0.25, -0.2) is 0 Å². The molecule has 0 aromatic heterocycles. The Hall–Kier alpha value is -0.700. The largest absolute Gasteiger partial charge is 0.483 e. The summed E-state index contributed by atoms with van der Waals surface area (Å²) in [5.41, 5.74) is 0.804. The third-order valence-corrected chi connectivity index (χ3v) is 4.25. The SMILES string of the molecule is C=C(OC)N1CCCC2(C1)CN(C(C)(C)C)C2. The Morgan fingerprint density at radius 2 is 1.88 bits per heavy atom. The first-order valence-electron chi connectivity index (χ1n) is 6.59. The van der Waals surface area contributed by atoms with E-state index in [1.165, 1.54) is 25.9 Å². The second-order valence-corrected chi connectivity index (χ2v) is 6.65. The van der Waals surface area contributed by atoms with Gasteiger partial charge in [-0.1, -0.05) is 0 Å². The maximum atomic E-state index is 5.26. The van der Waals surface area contributed by atoms with Crippen LogP contribution in [0.5, 0.6) is 0 Å². The predicted molar refractivity (Wildman–Crippen MR) is 70.7 cm³/mol. The summed E-state index contributed by atoms with van der Waals surface area (Å²) in [6.07, 6.45) is 2.62. The molecular weight excluding hydrogens is 212 g/mol. The van der Waals surface area contributed by atoms with E-state index < -0.39 is 0 Å². The molecule has 2 aliphatic rings. The summed E-state index contributed by atoms with van der Waals surface area (Å²) in [5.74, 6) is 0.832. The molecular formula is C14H26N2O. The maximum absolute atomic E-state index is 5.26. The molecule has 1 spiro atoms. The molecule has 0 aliphatic carbocycles. The number of ether oxygens (including phenoxy) is 1. The number of piperidine rings is 1. The second kappa shape index (κ2) is 4.20. The topological polar surface area (TPSA) is 15.7 Å². The summed E-state index contributed by atoms with van der Waals surface area (Å²) < 4.78 is 5.26. The zero-order chi connectivity index (χ0) is 12.7. The van der Waals surface area contributed by atoms with Crippen LogP contribution < -0.4 is 0 Å². The number of likely N-dealkylation sites (tertiary alicyclic amines) is 2. The monoisotopic (exact) mass is 238 g/mol. The highest BCUT2D eigenvalue weighted by molar-refractivity contribution is 5.05. The lowest BCUT2D eigenvalue weighted by molar-refractivity contribution is -0.0967. The Bertz CT molecular complexity index is 300. The fourth-order valence-electron chi connectivity index (χ4n) is 3.05. The number of hydrogen-bond donors (Lipinski definition) is 0. The lowest BCUT2D eigenvalue weighted by Gasteiger charge is -2.59. The molecule has 2 heterocycles. The molecule has 0 atom stereocenters. The summed E-state index contributed by atoms with van der Waals surface area (Å²) >= 11 is 0. The summed E-state index contributed by atoms with van der Waals surface area (Å²) in [6, 6.07) is 0. The highest BCUT2D eigenvalue weighted by Gasteiger charge is 2.48. The van der Waals surface area contributed by atoms with Gasteiger partial charge in [0.25, 0.3) is 0 Å². The molecule has 0 amide bonds. The van der Waals surface area contributed by atoms with Gasteiger partial charge in [0.1, 0.15) is 0 Å². The molecule has 0 unspecified atom stereocenters. The first-order chi connectivity index (χ1) is 7.86. The minimum absolute atomic E-state index is 0.311. The van der Waals surface area contributed by atoms with Crippen molar-refractivity contribution in [3.8, 4) is 0 Å². The minimum Gasteiger partial charge on any atom is -0.483 e. The smallest absolute Gasteiger partial charge is 0.181 e. The van der Waals surface area contributed by atoms with Crippen LogP contribution in [0.4, 0.5) is 0 Å². The fourth-order valence-corrected chi connectivity index (χ4v) is 3.05. The van der Waals surface area contributed by atoms with E-state index in [0.717, 1.165) is 19.0 Å². The van der Waals surface area contributed by atoms with Gasteiger partial charge in [0.05, 0.1) is 7.11 Å². The molecule has 0 bridgehead atoms. The minimum atomic E-state index is 0.311. The molecule has 2 rings (SSSR count). The van der Waals surface area contributed by atoms with Gasteiger partial charge in [-0.2, -0.15) is 0 Å². The van der Waals surface area contributed by atoms with Gasteiger partial charge in [0.15, 0.2) is 5.88 Å². The number of rotatable bonds is 2. The fraction of sp³-hybridized carbons (Fsp3) is 0.857. The molecule has 3 nitrogen and oxygen atoms in total. The zero-order valence-electron chi connectivity index (χ0n) is 11.8. The van der Waals surface area contributed by atoms with Gasteiger partial charge in [-0.15, -0.1) is 0 Å². The third kappa shape index (κ3) is 2.44. The molecule has 0 aromatic rings. The van der Waals surface area contributed by atoms with E-state index in [2.05, 4.69) is 37.1 Å². The van der Waals surface area contributed by atoms with E-state index in [1.54, 1.807) is 7.11 Å². The molecule has 2 aliphatic heterocycles. The van der Waals surface area contributed by atoms with Crippen LogP contribution in [0.25, 0.3) is 0 Å². The quantitative estimate of drug-likeness (QED) is 0.687. The third-order valence-electron chi connectivity index (χ3n) is 4.25. The number of hydrogen-bond acceptors (Lipinski definition) is 3. The molecule has 3 heteroatoms. The molecule has 17 heavy (non-hydrogen) atoms. The van der Waals surface area contributed by atoms with E-state index in [1.807, 2.05) is 0 Å². The van der Waals surface area contributed by atoms with Crippen LogP contribution in [-0.4, -0.2) is 48.6 Å². The van der Waals surface area contributed by atoms with Gasteiger partial charge < -0.3 is 9.64 Å². The summed E-state index contributed by atoms with van der Waals surface area (Å²) in [4.78, 5) is 4.88. The Morgan fingerprint density at radius 1 is 1.24 bits per heavy atom. The first-order valence-corrected chi connectivity index (χ1v) is 6.59. The van der Waals surface area contributed by atoms with Crippen LogP contribution >= 0.6 is 0 Å². The van der Waals surface area contributed by atoms with Gasteiger partial charge in [0, 0.05) is 37.1 Å². The van der Waals surface area contributed by atoms with Crippen LogP contribution in [-0.2, 0) is 4.74 Å². The second-order valence-electron chi connectivity index (χ2n) is 6.65. The molecule has 98 valence electrons. The van der Waals surface area contributed by atoms with Crippen molar-refractivity contribution in [2.45, 2.75) is 39.2 Å². The standard InChI is InChI=1S/C14H26N2O/c1-12(17-5)15-8-6-7-14(9-15)10-16(11-14)13(2,3)4/h1,6-11H2,2-5H3. The van der Waals surface area contributed by atoms with Gasteiger partial charge >= 0.3 is 0 Å². The Balaban J connectivity index is 1.94. The Morgan fingerprint density at radius 3 is 2.41 bits per heavy atom. The van der Waals surface area contributed by atoms with E-state index in [0.29, 0.717) is 11.0 Å². The Labute approximate surface area is 105 Å².